The minimum Gasteiger partial charge on any atom is -0.497 e. The third-order valence-electron chi connectivity index (χ3n) is 9.47. The van der Waals surface area contributed by atoms with Gasteiger partial charge < -0.3 is 33.6 Å². The van der Waals surface area contributed by atoms with E-state index in [-0.39, 0.29) is 11.5 Å². The molecule has 3 fully saturated rings. The Hall–Kier alpha value is -3.75. The monoisotopic (exact) mass is 678 g/mol. The molecule has 12 nitrogen and oxygen atoms in total. The van der Waals surface area contributed by atoms with Crippen molar-refractivity contribution in [3.63, 3.8) is 0 Å². The summed E-state index contributed by atoms with van der Waals surface area (Å²) >= 11 is 0. The fourth-order valence-electron chi connectivity index (χ4n) is 7.11. The molecule has 1 N–H and O–H groups in total. The number of nitrogens with one attached hydrogen (secondary N) is 1. The van der Waals surface area contributed by atoms with Crippen molar-refractivity contribution in [2.24, 2.45) is 0 Å². The fraction of sp³-hybridized carbons (Fsp3) is 0.486. The van der Waals surface area contributed by atoms with E-state index >= 15 is 0 Å². The van der Waals surface area contributed by atoms with Crippen LogP contribution in [0.1, 0.15) is 68.4 Å². The van der Waals surface area contributed by atoms with Gasteiger partial charge in [-0.1, -0.05) is 30.5 Å². The van der Waals surface area contributed by atoms with E-state index < -0.39 is 40.4 Å². The standard InChI is InChI=1S/C35H42N4O8S/c1-21-10-14-25(15-11-21)48(40,41)44-19-28-30-31(47-35(2,3)46-30)34(45-28)39-18-26(22-8-6-7-9-22)29-32(37-20-38-33(29)39)36-17-23-12-13-24(42-4)16-27(23)43-5/h10-16,18,20,22,28,30-31,34H,6-9,17,19H2,1-5H3,(H,36,37,38)/t28-,30-,31-,34-/m1/s1. The highest BCUT2D eigenvalue weighted by Gasteiger charge is 2.56. The van der Waals surface area contributed by atoms with E-state index in [0.29, 0.717) is 35.4 Å². The molecule has 0 radical (unpaired) electrons. The highest BCUT2D eigenvalue weighted by atomic mass is 32.2. The largest absolute Gasteiger partial charge is 0.497 e. The summed E-state index contributed by atoms with van der Waals surface area (Å²) in [5.41, 5.74) is 3.75. The van der Waals surface area contributed by atoms with Crippen LogP contribution < -0.4 is 14.8 Å². The van der Waals surface area contributed by atoms with Crippen LogP contribution in [0.25, 0.3) is 11.0 Å². The molecule has 4 aromatic rings. The molecule has 13 heteroatoms. The summed E-state index contributed by atoms with van der Waals surface area (Å²) in [5, 5.41) is 4.47. The van der Waals surface area contributed by atoms with Crippen LogP contribution >= 0.6 is 0 Å². The topological polar surface area (TPSA) is 132 Å². The van der Waals surface area contributed by atoms with Gasteiger partial charge in [0.15, 0.2) is 12.0 Å². The minimum absolute atomic E-state index is 0.0877. The molecule has 2 aliphatic heterocycles. The number of ether oxygens (including phenoxy) is 5. The van der Waals surface area contributed by atoms with E-state index in [1.54, 1.807) is 32.7 Å². The van der Waals surface area contributed by atoms with Gasteiger partial charge in [0.05, 0.1) is 31.1 Å². The number of fused-ring (bicyclic) bond motifs is 2. The first kappa shape index (κ1) is 32.8. The Balaban J connectivity index is 1.21. The maximum Gasteiger partial charge on any atom is 0.297 e. The predicted octanol–water partition coefficient (Wildman–Crippen LogP) is 5.85. The van der Waals surface area contributed by atoms with Crippen LogP contribution in [0.2, 0.25) is 0 Å². The van der Waals surface area contributed by atoms with Crippen LogP contribution in [0, 0.1) is 6.92 Å². The van der Waals surface area contributed by atoms with Crippen molar-refractivity contribution in [3.8, 4) is 11.5 Å². The Bertz CT molecular complexity index is 1890. The summed E-state index contributed by atoms with van der Waals surface area (Å²) in [7, 11) is -0.751. The molecule has 48 heavy (non-hydrogen) atoms. The van der Waals surface area contributed by atoms with Crippen LogP contribution in [0.5, 0.6) is 11.5 Å². The molecule has 1 saturated carbocycles. The zero-order valence-electron chi connectivity index (χ0n) is 27.8. The lowest BCUT2D eigenvalue weighted by Gasteiger charge is -2.25. The van der Waals surface area contributed by atoms with Gasteiger partial charge in [-0.3, -0.25) is 4.18 Å². The van der Waals surface area contributed by atoms with Gasteiger partial charge in [-0.15, -0.1) is 0 Å². The summed E-state index contributed by atoms with van der Waals surface area (Å²) < 4.78 is 64.0. The molecule has 2 saturated heterocycles. The number of hydrogen-bond acceptors (Lipinski definition) is 11. The molecule has 0 spiro atoms. The first-order valence-corrected chi connectivity index (χ1v) is 17.7. The van der Waals surface area contributed by atoms with Gasteiger partial charge >= 0.3 is 0 Å². The van der Waals surface area contributed by atoms with Crippen molar-refractivity contribution in [3.05, 3.63) is 71.7 Å². The average Bonchev–Trinajstić information content (AvgIpc) is 3.86. The molecule has 4 heterocycles. The van der Waals surface area contributed by atoms with Crippen molar-refractivity contribution in [2.45, 2.75) is 94.1 Å². The van der Waals surface area contributed by atoms with E-state index in [4.69, 9.17) is 37.8 Å². The molecule has 4 atom stereocenters. The van der Waals surface area contributed by atoms with Crippen LogP contribution in [-0.4, -0.2) is 67.9 Å². The van der Waals surface area contributed by atoms with Gasteiger partial charge in [0, 0.05) is 24.4 Å². The second-order valence-electron chi connectivity index (χ2n) is 13.1. The third kappa shape index (κ3) is 6.25. The molecule has 0 amide bonds. The second-order valence-corrected chi connectivity index (χ2v) is 14.7. The van der Waals surface area contributed by atoms with Crippen molar-refractivity contribution < 1.29 is 36.3 Å². The SMILES string of the molecule is COc1ccc(CNc2ncnc3c2c(C2CCCC2)cn3[C@@H]2O[C@H](COS(=O)(=O)c3ccc(C)cc3)[C@H]3OC(C)(C)O[C@H]32)c(OC)c1. The zero-order chi connectivity index (χ0) is 33.6. The maximum atomic E-state index is 13.1. The van der Waals surface area contributed by atoms with Gasteiger partial charge in [0.25, 0.3) is 10.1 Å². The Kier molecular flexibility index (Phi) is 8.84. The lowest BCUT2D eigenvalue weighted by molar-refractivity contribution is -0.198. The number of methoxy groups -OCH3 is 2. The van der Waals surface area contributed by atoms with Crippen LogP contribution in [0.4, 0.5) is 5.82 Å². The summed E-state index contributed by atoms with van der Waals surface area (Å²) in [5.74, 6) is 1.57. The molecule has 2 aromatic carbocycles. The quantitative estimate of drug-likeness (QED) is 0.192. The summed E-state index contributed by atoms with van der Waals surface area (Å²) in [4.78, 5) is 9.55. The zero-order valence-corrected chi connectivity index (χ0v) is 28.7. The highest BCUT2D eigenvalue weighted by molar-refractivity contribution is 7.86. The molecule has 0 unspecified atom stereocenters. The Morgan fingerprint density at radius 1 is 1.00 bits per heavy atom. The number of benzene rings is 2. The third-order valence-corrected chi connectivity index (χ3v) is 10.8. The second kappa shape index (κ2) is 12.9. The van der Waals surface area contributed by atoms with Crippen LogP contribution in [-0.2, 0) is 35.1 Å². The first-order chi connectivity index (χ1) is 23.1. The molecule has 0 bridgehead atoms. The molecule has 256 valence electrons. The van der Waals surface area contributed by atoms with E-state index in [9.17, 15) is 8.42 Å². The number of aromatic nitrogens is 3. The molecular weight excluding hydrogens is 636 g/mol. The highest BCUT2D eigenvalue weighted by Crippen LogP contribution is 2.47. The molecule has 7 rings (SSSR count). The predicted molar refractivity (Wildman–Crippen MR) is 178 cm³/mol. The van der Waals surface area contributed by atoms with Crippen molar-refractivity contribution in [1.29, 1.82) is 0 Å². The normalized spacial score (nSPS) is 23.9. The number of hydrogen-bond donors (Lipinski definition) is 1. The summed E-state index contributed by atoms with van der Waals surface area (Å²) in [6.45, 7) is 5.83. The minimum atomic E-state index is -4.02. The fourth-order valence-corrected chi connectivity index (χ4v) is 8.03. The molecule has 2 aromatic heterocycles. The lowest BCUT2D eigenvalue weighted by atomic mass is 9.98. The van der Waals surface area contributed by atoms with Crippen molar-refractivity contribution in [1.82, 2.24) is 14.5 Å². The number of anilines is 1. The van der Waals surface area contributed by atoms with Gasteiger partial charge in [0.2, 0.25) is 0 Å². The van der Waals surface area contributed by atoms with Gasteiger partial charge in [-0.2, -0.15) is 8.42 Å². The van der Waals surface area contributed by atoms with Crippen LogP contribution in [0.15, 0.2) is 59.9 Å². The van der Waals surface area contributed by atoms with Crippen LogP contribution in [0.3, 0.4) is 0 Å². The van der Waals surface area contributed by atoms with E-state index in [2.05, 4.69) is 11.5 Å². The molecule has 1 aliphatic carbocycles. The first-order valence-electron chi connectivity index (χ1n) is 16.3. The number of aryl methyl sites for hydroxylation is 1. The van der Waals surface area contributed by atoms with Gasteiger partial charge in [0.1, 0.15) is 47.6 Å². The molecule has 3 aliphatic rings. The lowest BCUT2D eigenvalue weighted by Crippen LogP contribution is -2.33. The number of nitrogens with zero attached hydrogens (tertiary/aromatic N) is 3. The van der Waals surface area contributed by atoms with E-state index in [1.807, 2.05) is 43.5 Å². The average molecular weight is 679 g/mol. The Labute approximate surface area is 280 Å². The Morgan fingerprint density at radius 3 is 2.48 bits per heavy atom. The van der Waals surface area contributed by atoms with Crippen molar-refractivity contribution in [2.75, 3.05) is 26.1 Å². The summed E-state index contributed by atoms with van der Waals surface area (Å²) in [6.07, 6.45) is 5.65. The van der Waals surface area contributed by atoms with Gasteiger partial charge in [-0.05, 0) is 69.4 Å². The van der Waals surface area contributed by atoms with E-state index in [0.717, 1.165) is 47.8 Å². The van der Waals surface area contributed by atoms with Gasteiger partial charge in [-0.25, -0.2) is 9.97 Å². The van der Waals surface area contributed by atoms with Crippen molar-refractivity contribution >= 4 is 27.0 Å². The molecular formula is C35H42N4O8S. The summed E-state index contributed by atoms with van der Waals surface area (Å²) in [6, 6.07) is 12.3. The number of rotatable bonds is 11. The maximum absolute atomic E-state index is 13.1. The Morgan fingerprint density at radius 2 is 1.75 bits per heavy atom. The van der Waals surface area contributed by atoms with E-state index in [1.165, 1.54) is 12.1 Å². The smallest absolute Gasteiger partial charge is 0.297 e.